The van der Waals surface area contributed by atoms with Crippen LogP contribution >= 0.6 is 0 Å². The van der Waals surface area contributed by atoms with E-state index in [1.165, 1.54) is 82.7 Å². The first-order valence-corrected chi connectivity index (χ1v) is 29.7. The number of carbonyl (C=O) groups is 11. The lowest BCUT2D eigenvalue weighted by Gasteiger charge is -2.41. The topological polar surface area (TPSA) is 308 Å². The Bertz CT molecular complexity index is 2310. The maximum absolute atomic E-state index is 15.1. The van der Waals surface area contributed by atoms with Crippen molar-refractivity contribution in [2.75, 3.05) is 48.8 Å². The summed E-state index contributed by atoms with van der Waals surface area (Å²) in [6, 6.07) is -13.2. The molecule has 13 atom stereocenters. The molecule has 0 aliphatic carbocycles. The Morgan fingerprint density at radius 1 is 0.440 bits per heavy atom. The average Bonchev–Trinajstić information content (AvgIpc) is 3.54. The summed E-state index contributed by atoms with van der Waals surface area (Å²) >= 11 is 0. The second-order valence-corrected chi connectivity index (χ2v) is 25.5. The third-order valence-corrected chi connectivity index (χ3v) is 15.5. The minimum absolute atomic E-state index is 0.118. The van der Waals surface area contributed by atoms with Gasteiger partial charge < -0.3 is 66.2 Å². The molecule has 24 nitrogen and oxygen atoms in total. The van der Waals surface area contributed by atoms with Crippen LogP contribution in [0.2, 0.25) is 0 Å². The first-order valence-electron chi connectivity index (χ1n) is 29.7. The molecule has 1 aliphatic heterocycles. The van der Waals surface area contributed by atoms with Gasteiger partial charge in [-0.2, -0.15) is 0 Å². The first kappa shape index (κ1) is 75.8. The number of aliphatic hydroxyl groups is 2. The number of allylic oxidation sites excluding steroid dienone is 2. The van der Waals surface area contributed by atoms with E-state index in [-0.39, 0.29) is 43.4 Å². The van der Waals surface area contributed by atoms with Gasteiger partial charge in [-0.3, -0.25) is 52.7 Å². The number of aliphatic hydroxyl groups excluding tert-OH is 2. The number of carbonyl (C=O) groups excluding carboxylic acids is 11. The van der Waals surface area contributed by atoms with E-state index >= 15 is 9.59 Å². The highest BCUT2D eigenvalue weighted by atomic mass is 16.3. The van der Waals surface area contributed by atoms with Gasteiger partial charge in [-0.15, -0.1) is 0 Å². The number of amides is 11. The zero-order chi connectivity index (χ0) is 65.3. The Kier molecular flexibility index (Phi) is 30.8. The molecule has 0 aromatic carbocycles. The SMILES string of the molecule is C/C=C/C[C@@H](C)[C@@H](O)C1C(=O)NC(C(C)O)C(=O)N(C)CC(=O)NC(C(C)C)C(=O)N[C@H](C(C)C)C(=O)N(C)[C@H](CC(C)C)C(=O)NC(C)C(=O)N[C@H](C)C(=O)N(C)[C@@H](CC(C)C)C(=O)N(C)[C@@H](CC(C)C)C(=O)N(C)[C@@H](C(C)C)C(=O)N1C. The molecule has 0 radical (unpaired) electrons. The van der Waals surface area contributed by atoms with Crippen LogP contribution < -0.4 is 26.6 Å². The molecule has 0 aromatic rings. The van der Waals surface area contributed by atoms with Crippen LogP contribution in [0.25, 0.3) is 0 Å². The molecule has 0 spiro atoms. The van der Waals surface area contributed by atoms with Crippen LogP contribution in [0.4, 0.5) is 0 Å². The van der Waals surface area contributed by atoms with Crippen molar-refractivity contribution < 1.29 is 63.0 Å². The third-order valence-electron chi connectivity index (χ3n) is 15.5. The molecular formula is C60H107N11O13. The standard InChI is InChI=1S/C60H107N11O13/c1-24-25-26-37(14)50(74)49-54(78)65-47(40(17)72)58(82)66(18)30-44(73)63-45(34(8)9)53(77)64-46(35(10)11)59(83)67(19)41(27-31(2)3)52(76)61-38(15)51(75)62-39(16)55(79)68(20)42(28-32(4)5)56(80)69(21)43(29-33(6)7)57(81)70(22)48(36(12)13)60(84)71(49)23/h24-25,31-43,45-50,72,74H,26-30H2,1-23H3,(H,61,76)(H,62,75)(H,63,73)(H,64,77)(H,65,78)/b25-24+/t37-,38?,39-,40?,41-,42+,43+,45?,46-,47?,48+,49?,50-/m1/s1. The molecule has 1 rings (SSSR count). The van der Waals surface area contributed by atoms with E-state index in [4.69, 9.17) is 0 Å². The van der Waals surface area contributed by atoms with Gasteiger partial charge in [0, 0.05) is 42.3 Å². The number of nitrogens with zero attached hydrogens (tertiary/aromatic N) is 6. The highest BCUT2D eigenvalue weighted by Crippen LogP contribution is 2.25. The molecule has 1 fully saturated rings. The van der Waals surface area contributed by atoms with Crippen LogP contribution in [-0.4, -0.2) is 226 Å². The predicted octanol–water partition coefficient (Wildman–Crippen LogP) is 1.51. The van der Waals surface area contributed by atoms with Crippen molar-refractivity contribution in [1.82, 2.24) is 56.0 Å². The lowest BCUT2D eigenvalue weighted by Crippen LogP contribution is -2.64. The first-order chi connectivity index (χ1) is 38.7. The second-order valence-electron chi connectivity index (χ2n) is 25.5. The number of rotatable bonds is 14. The zero-order valence-corrected chi connectivity index (χ0v) is 54.7. The molecule has 1 heterocycles. The van der Waals surface area contributed by atoms with E-state index in [9.17, 15) is 53.4 Å². The maximum atomic E-state index is 15.1. The van der Waals surface area contributed by atoms with Crippen LogP contribution in [0.1, 0.15) is 143 Å². The minimum Gasteiger partial charge on any atom is -0.391 e. The highest BCUT2D eigenvalue weighted by molar-refractivity contribution is 5.99. The summed E-state index contributed by atoms with van der Waals surface area (Å²) in [4.78, 5) is 166. The fraction of sp³-hybridized carbons (Fsp3) is 0.783. The van der Waals surface area contributed by atoms with Gasteiger partial charge in [0.1, 0.15) is 60.4 Å². The van der Waals surface area contributed by atoms with Crippen molar-refractivity contribution in [2.45, 2.75) is 216 Å². The van der Waals surface area contributed by atoms with Crippen molar-refractivity contribution in [3.63, 3.8) is 0 Å². The smallest absolute Gasteiger partial charge is 0.248 e. The van der Waals surface area contributed by atoms with E-state index in [0.717, 1.165) is 9.80 Å². The van der Waals surface area contributed by atoms with E-state index < -0.39 is 168 Å². The molecule has 0 aromatic heterocycles. The molecule has 7 N–H and O–H groups in total. The molecule has 0 bridgehead atoms. The van der Waals surface area contributed by atoms with Gasteiger partial charge in [0.05, 0.1) is 18.8 Å². The highest BCUT2D eigenvalue weighted by Gasteiger charge is 2.46. The van der Waals surface area contributed by atoms with Crippen molar-refractivity contribution >= 4 is 65.0 Å². The van der Waals surface area contributed by atoms with Crippen molar-refractivity contribution in [3.05, 3.63) is 12.2 Å². The average molecular weight is 1190 g/mol. The lowest BCUT2D eigenvalue weighted by molar-refractivity contribution is -0.157. The summed E-state index contributed by atoms with van der Waals surface area (Å²) in [5, 5.41) is 36.4. The van der Waals surface area contributed by atoms with Crippen LogP contribution in [0.5, 0.6) is 0 Å². The van der Waals surface area contributed by atoms with Gasteiger partial charge in [0.25, 0.3) is 0 Å². The van der Waals surface area contributed by atoms with Crippen LogP contribution in [-0.2, 0) is 52.7 Å². The Morgan fingerprint density at radius 3 is 1.32 bits per heavy atom. The Morgan fingerprint density at radius 2 is 0.869 bits per heavy atom. The summed E-state index contributed by atoms with van der Waals surface area (Å²) in [6.45, 7) is 28.0. The molecule has 1 saturated heterocycles. The van der Waals surface area contributed by atoms with Crippen molar-refractivity contribution in [2.24, 2.45) is 41.4 Å². The number of hydrogen-bond donors (Lipinski definition) is 7. The monoisotopic (exact) mass is 1190 g/mol. The van der Waals surface area contributed by atoms with Gasteiger partial charge in [0.15, 0.2) is 0 Å². The molecule has 5 unspecified atom stereocenters. The predicted molar refractivity (Wildman–Crippen MR) is 321 cm³/mol. The fourth-order valence-corrected chi connectivity index (χ4v) is 10.3. The molecule has 84 heavy (non-hydrogen) atoms. The molecule has 0 saturated carbocycles. The number of likely N-dealkylation sites (N-methyl/N-ethyl adjacent to an activating group) is 6. The summed E-state index contributed by atoms with van der Waals surface area (Å²) in [5.41, 5.74) is 0. The quantitative estimate of drug-likeness (QED) is 0.122. The second kappa shape index (κ2) is 34.1. The fourth-order valence-electron chi connectivity index (χ4n) is 10.3. The molecule has 11 amide bonds. The summed E-state index contributed by atoms with van der Waals surface area (Å²) < 4.78 is 0. The van der Waals surface area contributed by atoms with Gasteiger partial charge >= 0.3 is 0 Å². The van der Waals surface area contributed by atoms with Crippen molar-refractivity contribution in [3.8, 4) is 0 Å². The van der Waals surface area contributed by atoms with E-state index in [1.54, 1.807) is 67.5 Å². The minimum atomic E-state index is -1.75. The summed E-state index contributed by atoms with van der Waals surface area (Å²) in [5.74, 6) is -11.3. The molecular weight excluding hydrogens is 1080 g/mol. The van der Waals surface area contributed by atoms with E-state index in [1.807, 2.05) is 41.5 Å². The summed E-state index contributed by atoms with van der Waals surface area (Å²) in [6.07, 6.45) is 0.979. The molecule has 1 aliphatic rings. The Balaban J connectivity index is 4.30. The third kappa shape index (κ3) is 21.1. The molecule has 24 heteroatoms. The van der Waals surface area contributed by atoms with Crippen molar-refractivity contribution in [1.29, 1.82) is 0 Å². The maximum Gasteiger partial charge on any atom is 0.248 e. The molecule has 480 valence electrons. The normalized spacial score (nSPS) is 27.3. The van der Waals surface area contributed by atoms with Crippen LogP contribution in [0.3, 0.4) is 0 Å². The largest absolute Gasteiger partial charge is 0.391 e. The van der Waals surface area contributed by atoms with Crippen LogP contribution in [0, 0.1) is 41.4 Å². The Labute approximate surface area is 500 Å². The van der Waals surface area contributed by atoms with Gasteiger partial charge in [-0.25, -0.2) is 0 Å². The van der Waals surface area contributed by atoms with E-state index in [0.29, 0.717) is 0 Å². The van der Waals surface area contributed by atoms with Gasteiger partial charge in [-0.1, -0.05) is 102 Å². The van der Waals surface area contributed by atoms with Gasteiger partial charge in [-0.05, 0) is 94.8 Å². The number of nitrogens with one attached hydrogen (secondary N) is 5. The Hall–Kier alpha value is -6.17. The number of hydrogen-bond acceptors (Lipinski definition) is 13. The summed E-state index contributed by atoms with van der Waals surface area (Å²) in [7, 11) is 8.19. The van der Waals surface area contributed by atoms with Gasteiger partial charge in [0.2, 0.25) is 65.0 Å². The van der Waals surface area contributed by atoms with E-state index in [2.05, 4.69) is 26.6 Å². The lowest BCUT2D eigenvalue weighted by atomic mass is 9.91. The zero-order valence-electron chi connectivity index (χ0n) is 54.7. The van der Waals surface area contributed by atoms with Crippen LogP contribution in [0.15, 0.2) is 12.2 Å².